The molecule has 1 aromatic heterocycles. The Labute approximate surface area is 242 Å². The van der Waals surface area contributed by atoms with Gasteiger partial charge in [0.1, 0.15) is 0 Å². The highest BCUT2D eigenvalue weighted by molar-refractivity contribution is 7.86. The van der Waals surface area contributed by atoms with E-state index in [1.165, 1.54) is 4.31 Å². The molecule has 1 N–H and O–H groups in total. The quantitative estimate of drug-likeness (QED) is 0.310. The van der Waals surface area contributed by atoms with E-state index in [9.17, 15) is 18.8 Å². The predicted molar refractivity (Wildman–Crippen MR) is 159 cm³/mol. The zero-order valence-electron chi connectivity index (χ0n) is 23.1. The predicted octanol–water partition coefficient (Wildman–Crippen LogP) is 4.19. The van der Waals surface area contributed by atoms with E-state index >= 15 is 0 Å². The van der Waals surface area contributed by atoms with Crippen LogP contribution in [0.1, 0.15) is 41.5 Å². The molecule has 2 heterocycles. The van der Waals surface area contributed by atoms with Crippen LogP contribution in [0.2, 0.25) is 0 Å². The van der Waals surface area contributed by atoms with Crippen LogP contribution in [0.25, 0.3) is 0 Å². The monoisotopic (exact) mass is 569 g/mol. The normalized spacial score (nSPS) is 16.7. The van der Waals surface area contributed by atoms with Gasteiger partial charge < -0.3 is 10.0 Å². The standard InChI is InChI=1S/C32H35N5O3S/c33-21-28-13-14-32-30(19-28)24-37(41(39,40)36(17-6-18-38)16-5-10-26-11-12-26)31(20-27-7-2-1-3-8-27)25-35(32)23-29-9-4-15-34-22-29/h1-4,7-9,11,13-15,19,22,31,38H,5-6,10,16-18,20,23-25H2/t31-/m1/s1. The highest BCUT2D eigenvalue weighted by Gasteiger charge is 2.38. The van der Waals surface area contributed by atoms with Crippen molar-refractivity contribution in [2.75, 3.05) is 31.1 Å². The van der Waals surface area contributed by atoms with E-state index in [2.05, 4.69) is 21.7 Å². The van der Waals surface area contributed by atoms with Gasteiger partial charge in [0.25, 0.3) is 10.2 Å². The Morgan fingerprint density at radius 3 is 2.56 bits per heavy atom. The second kappa shape index (κ2) is 13.3. The number of aliphatic hydroxyl groups is 1. The van der Waals surface area contributed by atoms with Crippen molar-refractivity contribution in [2.45, 2.75) is 44.8 Å². The van der Waals surface area contributed by atoms with Crippen molar-refractivity contribution in [1.82, 2.24) is 13.6 Å². The van der Waals surface area contributed by atoms with Gasteiger partial charge in [-0.25, -0.2) is 0 Å². The number of aliphatic hydroxyl groups excluding tert-OH is 1. The summed E-state index contributed by atoms with van der Waals surface area (Å²) in [7, 11) is -3.93. The van der Waals surface area contributed by atoms with E-state index in [4.69, 9.17) is 0 Å². The van der Waals surface area contributed by atoms with Gasteiger partial charge in [-0.1, -0.05) is 36.4 Å². The van der Waals surface area contributed by atoms with E-state index in [1.54, 1.807) is 16.6 Å². The lowest BCUT2D eigenvalue weighted by Gasteiger charge is -2.35. The molecule has 8 nitrogen and oxygen atoms in total. The van der Waals surface area contributed by atoms with Crippen LogP contribution in [-0.4, -0.2) is 59.4 Å². The zero-order valence-corrected chi connectivity index (χ0v) is 23.9. The Bertz CT molecular complexity index is 1550. The fraction of sp³-hybridized carbons (Fsp3) is 0.344. The van der Waals surface area contributed by atoms with Gasteiger partial charge in [0.05, 0.1) is 11.6 Å². The number of anilines is 1. The Morgan fingerprint density at radius 2 is 1.85 bits per heavy atom. The minimum absolute atomic E-state index is 0.0839. The van der Waals surface area contributed by atoms with Crippen molar-refractivity contribution >= 4 is 15.9 Å². The molecule has 1 aliphatic carbocycles. The summed E-state index contributed by atoms with van der Waals surface area (Å²) in [5.74, 6) is 0. The molecule has 5 rings (SSSR count). The molecule has 2 aromatic carbocycles. The molecule has 41 heavy (non-hydrogen) atoms. The van der Waals surface area contributed by atoms with Crippen molar-refractivity contribution < 1.29 is 13.5 Å². The van der Waals surface area contributed by atoms with Crippen molar-refractivity contribution in [2.24, 2.45) is 0 Å². The van der Waals surface area contributed by atoms with Gasteiger partial charge >= 0.3 is 0 Å². The van der Waals surface area contributed by atoms with Crippen LogP contribution in [0.3, 0.4) is 0 Å². The van der Waals surface area contributed by atoms with E-state index in [1.807, 2.05) is 66.9 Å². The van der Waals surface area contributed by atoms with Crippen LogP contribution in [0.15, 0.2) is 90.4 Å². The van der Waals surface area contributed by atoms with Gasteiger partial charge in [0.2, 0.25) is 0 Å². The summed E-state index contributed by atoms with van der Waals surface area (Å²) in [5, 5.41) is 19.2. The van der Waals surface area contributed by atoms with Crippen LogP contribution in [0, 0.1) is 11.3 Å². The second-order valence-corrected chi connectivity index (χ2v) is 12.4. The first kappa shape index (κ1) is 28.7. The number of pyridine rings is 1. The Kier molecular flexibility index (Phi) is 9.30. The van der Waals surface area contributed by atoms with Crippen molar-refractivity contribution in [3.05, 3.63) is 113 Å². The third-order valence-electron chi connectivity index (χ3n) is 7.51. The summed E-state index contributed by atoms with van der Waals surface area (Å²) in [4.78, 5) is 6.49. The van der Waals surface area contributed by atoms with Crippen molar-refractivity contribution in [3.63, 3.8) is 0 Å². The molecule has 0 saturated heterocycles. The molecule has 3 aromatic rings. The van der Waals surface area contributed by atoms with Crippen LogP contribution >= 0.6 is 0 Å². The summed E-state index contributed by atoms with van der Waals surface area (Å²) < 4.78 is 32.2. The lowest BCUT2D eigenvalue weighted by molar-refractivity contribution is 0.249. The van der Waals surface area contributed by atoms with Crippen LogP contribution < -0.4 is 4.90 Å². The number of benzene rings is 2. The zero-order chi connectivity index (χ0) is 28.7. The minimum Gasteiger partial charge on any atom is -0.396 e. The summed E-state index contributed by atoms with van der Waals surface area (Å²) in [6.45, 7) is 1.69. The molecular weight excluding hydrogens is 534 g/mol. The maximum atomic E-state index is 14.5. The molecule has 1 atom stereocenters. The molecule has 0 bridgehead atoms. The summed E-state index contributed by atoms with van der Waals surface area (Å²) in [5.41, 5.74) is 8.48. The maximum absolute atomic E-state index is 14.5. The second-order valence-electron chi connectivity index (χ2n) is 10.5. The topological polar surface area (TPSA) is 101 Å². The smallest absolute Gasteiger partial charge is 0.282 e. The molecule has 9 heteroatoms. The number of aromatic nitrogens is 1. The SMILES string of the molecule is N#Cc1ccc2c(c1)CN(S(=O)(=O)N(CCCO)CCCC1=C=C1)[C@H](Cc1ccccc1)CN2Cc1cccnc1. The fourth-order valence-corrected chi connectivity index (χ4v) is 7.23. The molecule has 2 aliphatic rings. The molecule has 1 aliphatic heterocycles. The van der Waals surface area contributed by atoms with E-state index in [0.29, 0.717) is 44.5 Å². The molecule has 0 saturated carbocycles. The van der Waals surface area contributed by atoms with Gasteiger partial charge in [-0.05, 0) is 72.7 Å². The highest BCUT2D eigenvalue weighted by atomic mass is 32.2. The molecule has 212 valence electrons. The summed E-state index contributed by atoms with van der Waals surface area (Å²) >= 11 is 0. The van der Waals surface area contributed by atoms with Gasteiger partial charge in [0, 0.05) is 69.0 Å². The number of nitrogens with zero attached hydrogens (tertiary/aromatic N) is 5. The molecule has 0 fully saturated rings. The minimum atomic E-state index is -3.93. The number of hydrogen-bond donors (Lipinski definition) is 1. The van der Waals surface area contributed by atoms with Gasteiger partial charge in [0.15, 0.2) is 0 Å². The van der Waals surface area contributed by atoms with Gasteiger partial charge in [-0.3, -0.25) is 4.98 Å². The van der Waals surface area contributed by atoms with Crippen molar-refractivity contribution in [3.8, 4) is 6.07 Å². The molecular formula is C32H35N5O3S. The van der Waals surface area contributed by atoms with Crippen LogP contribution in [-0.2, 0) is 29.7 Å². The lowest BCUT2D eigenvalue weighted by Crippen LogP contribution is -2.51. The van der Waals surface area contributed by atoms with Gasteiger partial charge in [-0.15, -0.1) is 5.73 Å². The number of nitriles is 1. The van der Waals surface area contributed by atoms with Gasteiger partial charge in [-0.2, -0.15) is 22.3 Å². The molecule has 0 amide bonds. The number of fused-ring (bicyclic) bond motifs is 1. The third kappa shape index (κ3) is 7.31. The number of rotatable bonds is 13. The van der Waals surface area contributed by atoms with E-state index in [-0.39, 0.29) is 25.7 Å². The number of hydrogen-bond acceptors (Lipinski definition) is 6. The fourth-order valence-electron chi connectivity index (χ4n) is 5.39. The maximum Gasteiger partial charge on any atom is 0.282 e. The first-order valence-electron chi connectivity index (χ1n) is 14.0. The largest absolute Gasteiger partial charge is 0.396 e. The van der Waals surface area contributed by atoms with E-state index < -0.39 is 10.2 Å². The average Bonchev–Trinajstić information content (AvgIpc) is 3.83. The van der Waals surface area contributed by atoms with Crippen LogP contribution in [0.4, 0.5) is 5.69 Å². The summed E-state index contributed by atoms with van der Waals surface area (Å²) in [6.07, 6.45) is 7.86. The van der Waals surface area contributed by atoms with Crippen molar-refractivity contribution in [1.29, 1.82) is 5.26 Å². The highest BCUT2D eigenvalue weighted by Crippen LogP contribution is 2.33. The Morgan fingerprint density at radius 1 is 1.07 bits per heavy atom. The van der Waals surface area contributed by atoms with Crippen LogP contribution in [0.5, 0.6) is 0 Å². The Hall–Kier alpha value is -3.77. The molecule has 0 spiro atoms. The third-order valence-corrected chi connectivity index (χ3v) is 9.55. The summed E-state index contributed by atoms with van der Waals surface area (Å²) in [6, 6.07) is 21.3. The average molecular weight is 570 g/mol. The Balaban J connectivity index is 1.54. The first-order valence-corrected chi connectivity index (χ1v) is 15.4. The number of allylic oxidation sites excluding steroid dienone is 1. The van der Waals surface area contributed by atoms with E-state index in [0.717, 1.165) is 34.4 Å². The lowest BCUT2D eigenvalue weighted by atomic mass is 10.1. The first-order chi connectivity index (χ1) is 20.0. The molecule has 0 radical (unpaired) electrons. The molecule has 0 unspecified atom stereocenters.